The zero-order chi connectivity index (χ0) is 11.1. The lowest BCUT2D eigenvalue weighted by Gasteiger charge is -2.02. The Morgan fingerprint density at radius 1 is 1.27 bits per heavy atom. The Bertz CT molecular complexity index is 304. The summed E-state index contributed by atoms with van der Waals surface area (Å²) in [5.74, 6) is 1.27. The van der Waals surface area contributed by atoms with Crippen LogP contribution in [0.3, 0.4) is 0 Å². The zero-order valence-electron chi connectivity index (χ0n) is 9.43. The molecule has 0 aliphatic rings. The van der Waals surface area contributed by atoms with Crippen molar-refractivity contribution < 1.29 is 9.57 Å². The molecule has 0 spiro atoms. The van der Waals surface area contributed by atoms with Crippen molar-refractivity contribution >= 4 is 6.21 Å². The first-order valence-electron chi connectivity index (χ1n) is 5.00. The highest BCUT2D eigenvalue weighted by Crippen LogP contribution is 2.11. The average Bonchev–Trinajstić information content (AvgIpc) is 2.25. The second-order valence-electron chi connectivity index (χ2n) is 3.62. The van der Waals surface area contributed by atoms with Gasteiger partial charge in [-0.2, -0.15) is 0 Å². The number of rotatable bonds is 5. The molecule has 0 aromatic heterocycles. The Morgan fingerprint density at radius 2 is 1.93 bits per heavy atom. The van der Waals surface area contributed by atoms with Crippen LogP contribution in [-0.4, -0.2) is 13.3 Å². The van der Waals surface area contributed by atoms with Gasteiger partial charge in [0, 0.05) is 6.21 Å². The minimum absolute atomic E-state index is 0.417. The number of hydrogen-bond acceptors (Lipinski definition) is 3. The van der Waals surface area contributed by atoms with E-state index in [0.29, 0.717) is 12.5 Å². The van der Waals surface area contributed by atoms with Gasteiger partial charge in [-0.1, -0.05) is 31.1 Å². The summed E-state index contributed by atoms with van der Waals surface area (Å²) < 4.78 is 5.06. The molecule has 0 atom stereocenters. The Balaban J connectivity index is 2.38. The predicted octanol–water partition coefficient (Wildman–Crippen LogP) is 2.85. The maximum absolute atomic E-state index is 5.13. The topological polar surface area (TPSA) is 30.8 Å². The van der Waals surface area contributed by atoms with Gasteiger partial charge in [0.25, 0.3) is 0 Å². The molecule has 1 aromatic rings. The standard InChI is InChI=1S/C12H17NO2/c1-10(2)8-13-15-9-11-4-6-12(14-3)7-5-11/h4-8,10H,9H2,1-3H3. The molecule has 0 saturated carbocycles. The maximum atomic E-state index is 5.13. The summed E-state index contributed by atoms with van der Waals surface area (Å²) in [4.78, 5) is 5.13. The van der Waals surface area contributed by atoms with Gasteiger partial charge in [-0.25, -0.2) is 0 Å². The SMILES string of the molecule is COc1ccc(CON=CC(C)C)cc1. The van der Waals surface area contributed by atoms with Crippen LogP contribution in [0.1, 0.15) is 19.4 Å². The van der Waals surface area contributed by atoms with Crippen molar-refractivity contribution in [2.45, 2.75) is 20.5 Å². The number of hydrogen-bond donors (Lipinski definition) is 0. The Kier molecular flexibility index (Phi) is 4.68. The average molecular weight is 207 g/mol. The second-order valence-corrected chi connectivity index (χ2v) is 3.62. The molecule has 0 heterocycles. The van der Waals surface area contributed by atoms with Gasteiger partial charge in [-0.15, -0.1) is 0 Å². The maximum Gasteiger partial charge on any atom is 0.142 e. The molecule has 0 N–H and O–H groups in total. The van der Waals surface area contributed by atoms with E-state index in [-0.39, 0.29) is 0 Å². The molecule has 0 saturated heterocycles. The van der Waals surface area contributed by atoms with Crippen molar-refractivity contribution in [3.05, 3.63) is 29.8 Å². The van der Waals surface area contributed by atoms with Crippen LogP contribution in [0.5, 0.6) is 5.75 Å². The molecule has 0 aliphatic carbocycles. The van der Waals surface area contributed by atoms with E-state index in [1.165, 1.54) is 0 Å². The van der Waals surface area contributed by atoms with Crippen LogP contribution in [-0.2, 0) is 11.4 Å². The van der Waals surface area contributed by atoms with Crippen LogP contribution < -0.4 is 4.74 Å². The highest BCUT2D eigenvalue weighted by Gasteiger charge is 1.94. The summed E-state index contributed by atoms with van der Waals surface area (Å²) in [6.45, 7) is 4.60. The van der Waals surface area contributed by atoms with E-state index >= 15 is 0 Å². The van der Waals surface area contributed by atoms with Crippen molar-refractivity contribution in [2.75, 3.05) is 7.11 Å². The number of oxime groups is 1. The predicted molar refractivity (Wildman–Crippen MR) is 61.1 cm³/mol. The Labute approximate surface area is 90.7 Å². The molecular weight excluding hydrogens is 190 g/mol. The first-order chi connectivity index (χ1) is 7.22. The lowest BCUT2D eigenvalue weighted by molar-refractivity contribution is 0.131. The Hall–Kier alpha value is -1.51. The summed E-state index contributed by atoms with van der Waals surface area (Å²) in [5.41, 5.74) is 1.08. The molecule has 82 valence electrons. The molecule has 15 heavy (non-hydrogen) atoms. The normalized spacial score (nSPS) is 10.9. The molecular formula is C12H17NO2. The fraction of sp³-hybridized carbons (Fsp3) is 0.417. The third-order valence-corrected chi connectivity index (χ3v) is 1.82. The van der Waals surface area contributed by atoms with E-state index in [1.54, 1.807) is 13.3 Å². The van der Waals surface area contributed by atoms with Crippen molar-refractivity contribution in [3.63, 3.8) is 0 Å². The second kappa shape index (κ2) is 6.06. The Morgan fingerprint density at radius 3 is 2.47 bits per heavy atom. The zero-order valence-corrected chi connectivity index (χ0v) is 9.43. The van der Waals surface area contributed by atoms with Crippen LogP contribution in [0.15, 0.2) is 29.4 Å². The van der Waals surface area contributed by atoms with Crippen molar-refractivity contribution in [3.8, 4) is 5.75 Å². The van der Waals surface area contributed by atoms with Crippen LogP contribution in [0.2, 0.25) is 0 Å². The van der Waals surface area contributed by atoms with Crippen LogP contribution >= 0.6 is 0 Å². The highest BCUT2D eigenvalue weighted by atomic mass is 16.6. The third-order valence-electron chi connectivity index (χ3n) is 1.82. The lowest BCUT2D eigenvalue weighted by atomic mass is 10.2. The number of benzene rings is 1. The largest absolute Gasteiger partial charge is 0.497 e. The van der Waals surface area contributed by atoms with Crippen LogP contribution in [0.25, 0.3) is 0 Å². The number of nitrogens with zero attached hydrogens (tertiary/aromatic N) is 1. The molecule has 0 aliphatic heterocycles. The first kappa shape index (κ1) is 11.6. The van der Waals surface area contributed by atoms with Gasteiger partial charge in [-0.3, -0.25) is 0 Å². The first-order valence-corrected chi connectivity index (χ1v) is 5.00. The third kappa shape index (κ3) is 4.49. The van der Waals surface area contributed by atoms with Crippen LogP contribution in [0.4, 0.5) is 0 Å². The summed E-state index contributed by atoms with van der Waals surface area (Å²) in [5, 5.41) is 3.85. The van der Waals surface area contributed by atoms with E-state index in [0.717, 1.165) is 11.3 Å². The highest BCUT2D eigenvalue weighted by molar-refractivity contribution is 5.58. The molecule has 0 bridgehead atoms. The number of methoxy groups -OCH3 is 1. The molecule has 1 rings (SSSR count). The van der Waals surface area contributed by atoms with E-state index < -0.39 is 0 Å². The fourth-order valence-corrected chi connectivity index (χ4v) is 0.998. The lowest BCUT2D eigenvalue weighted by Crippen LogP contribution is -1.91. The van der Waals surface area contributed by atoms with E-state index in [9.17, 15) is 0 Å². The molecule has 0 fully saturated rings. The molecule has 0 amide bonds. The summed E-state index contributed by atoms with van der Waals surface area (Å²) in [7, 11) is 1.65. The number of ether oxygens (including phenoxy) is 1. The van der Waals surface area contributed by atoms with E-state index in [1.807, 2.05) is 24.3 Å². The molecule has 3 nitrogen and oxygen atoms in total. The van der Waals surface area contributed by atoms with Gasteiger partial charge >= 0.3 is 0 Å². The van der Waals surface area contributed by atoms with Crippen LogP contribution in [0, 0.1) is 5.92 Å². The quantitative estimate of drug-likeness (QED) is 0.549. The summed E-state index contributed by atoms with van der Waals surface area (Å²) in [6, 6.07) is 7.74. The van der Waals surface area contributed by atoms with E-state index in [4.69, 9.17) is 9.57 Å². The minimum atomic E-state index is 0.417. The van der Waals surface area contributed by atoms with Crippen molar-refractivity contribution in [1.29, 1.82) is 0 Å². The monoisotopic (exact) mass is 207 g/mol. The van der Waals surface area contributed by atoms with Gasteiger partial charge < -0.3 is 9.57 Å². The summed E-state index contributed by atoms with van der Waals surface area (Å²) in [6.07, 6.45) is 1.78. The van der Waals surface area contributed by atoms with Gasteiger partial charge in [-0.05, 0) is 23.6 Å². The van der Waals surface area contributed by atoms with Gasteiger partial charge in [0.15, 0.2) is 0 Å². The van der Waals surface area contributed by atoms with Gasteiger partial charge in [0.2, 0.25) is 0 Å². The molecule has 1 aromatic carbocycles. The van der Waals surface area contributed by atoms with Gasteiger partial charge in [0.1, 0.15) is 12.4 Å². The van der Waals surface area contributed by atoms with Crippen molar-refractivity contribution in [2.24, 2.45) is 11.1 Å². The smallest absolute Gasteiger partial charge is 0.142 e. The molecule has 3 heteroatoms. The molecule has 0 unspecified atom stereocenters. The summed E-state index contributed by atoms with van der Waals surface area (Å²) >= 11 is 0. The fourth-order valence-electron chi connectivity index (χ4n) is 0.998. The minimum Gasteiger partial charge on any atom is -0.497 e. The molecule has 0 radical (unpaired) electrons. The van der Waals surface area contributed by atoms with Gasteiger partial charge in [0.05, 0.1) is 7.11 Å². The van der Waals surface area contributed by atoms with Crippen molar-refractivity contribution in [1.82, 2.24) is 0 Å². The van der Waals surface area contributed by atoms with E-state index in [2.05, 4.69) is 19.0 Å².